The number of sulfonamides is 1. The molecule has 0 saturated carbocycles. The normalized spacial score (nSPS) is 12.3. The molecule has 0 aromatic carbocycles. The standard InChI is InChI=1S/C12H21N3O4S/c1-9(2)15-8-10(7-11(15)12(16)17)20(18,19)14(4)6-5-13-3/h7-9,13H,5-6H2,1-4H3,(H,16,17). The number of aromatic carboxylic acids is 1. The highest BCUT2D eigenvalue weighted by Gasteiger charge is 2.25. The number of nitrogens with one attached hydrogen (secondary N) is 1. The van der Waals surface area contributed by atoms with E-state index in [2.05, 4.69) is 5.32 Å². The first kappa shape index (κ1) is 16.7. The van der Waals surface area contributed by atoms with Crippen molar-refractivity contribution in [2.24, 2.45) is 0 Å². The third-order valence-corrected chi connectivity index (χ3v) is 4.81. The Morgan fingerprint density at radius 2 is 2.10 bits per heavy atom. The van der Waals surface area contributed by atoms with E-state index in [1.165, 1.54) is 28.2 Å². The summed E-state index contributed by atoms with van der Waals surface area (Å²) in [6, 6.07) is 1.07. The van der Waals surface area contributed by atoms with Crippen LogP contribution in [0.5, 0.6) is 0 Å². The van der Waals surface area contributed by atoms with Crippen LogP contribution < -0.4 is 5.32 Å². The van der Waals surface area contributed by atoms with Gasteiger partial charge in [0, 0.05) is 32.4 Å². The Kier molecular flexibility index (Phi) is 5.32. The van der Waals surface area contributed by atoms with Crippen LogP contribution in [0, 0.1) is 0 Å². The number of carboxylic acid groups (broad SMARTS) is 1. The van der Waals surface area contributed by atoms with Crippen molar-refractivity contribution in [3.8, 4) is 0 Å². The van der Waals surface area contributed by atoms with Crippen LogP contribution in [0.3, 0.4) is 0 Å². The van der Waals surface area contributed by atoms with E-state index in [1.54, 1.807) is 20.9 Å². The fraction of sp³-hybridized carbons (Fsp3) is 0.583. The molecule has 0 bridgehead atoms. The Hall–Kier alpha value is -1.38. The number of hydrogen-bond acceptors (Lipinski definition) is 4. The lowest BCUT2D eigenvalue weighted by atomic mass is 10.3. The van der Waals surface area contributed by atoms with Gasteiger partial charge < -0.3 is 15.0 Å². The lowest BCUT2D eigenvalue weighted by molar-refractivity contribution is 0.0683. The Labute approximate surface area is 119 Å². The highest BCUT2D eigenvalue weighted by atomic mass is 32.2. The van der Waals surface area contributed by atoms with E-state index in [0.29, 0.717) is 13.1 Å². The molecular weight excluding hydrogens is 282 g/mol. The first-order valence-corrected chi connectivity index (χ1v) is 7.72. The van der Waals surface area contributed by atoms with Crippen LogP contribution in [0.25, 0.3) is 0 Å². The highest BCUT2D eigenvalue weighted by Crippen LogP contribution is 2.21. The quantitative estimate of drug-likeness (QED) is 0.770. The van der Waals surface area contributed by atoms with Crippen LogP contribution in [-0.2, 0) is 10.0 Å². The fourth-order valence-electron chi connectivity index (χ4n) is 1.76. The van der Waals surface area contributed by atoms with E-state index in [-0.39, 0.29) is 16.6 Å². The molecule has 1 heterocycles. The third-order valence-electron chi connectivity index (χ3n) is 2.98. The first-order chi connectivity index (χ1) is 9.21. The van der Waals surface area contributed by atoms with Crippen molar-refractivity contribution in [3.05, 3.63) is 18.0 Å². The number of likely N-dealkylation sites (N-methyl/N-ethyl adjacent to an activating group) is 2. The van der Waals surface area contributed by atoms with E-state index >= 15 is 0 Å². The molecule has 0 aliphatic rings. The second kappa shape index (κ2) is 6.38. The van der Waals surface area contributed by atoms with Crippen molar-refractivity contribution in [3.63, 3.8) is 0 Å². The molecule has 0 radical (unpaired) electrons. The zero-order valence-electron chi connectivity index (χ0n) is 12.1. The molecule has 2 N–H and O–H groups in total. The maximum absolute atomic E-state index is 12.3. The molecule has 0 aliphatic heterocycles. The van der Waals surface area contributed by atoms with Gasteiger partial charge in [0.25, 0.3) is 0 Å². The Balaban J connectivity index is 3.19. The third kappa shape index (κ3) is 3.38. The van der Waals surface area contributed by atoms with Crippen LogP contribution in [0.15, 0.2) is 17.2 Å². The Bertz CT molecular complexity index is 578. The molecule has 20 heavy (non-hydrogen) atoms. The summed E-state index contributed by atoms with van der Waals surface area (Å²) in [5, 5.41) is 12.0. The molecule has 0 fully saturated rings. The van der Waals surface area contributed by atoms with E-state index < -0.39 is 16.0 Å². The number of hydrogen-bond donors (Lipinski definition) is 2. The average molecular weight is 303 g/mol. The zero-order chi connectivity index (χ0) is 15.5. The average Bonchev–Trinajstić information content (AvgIpc) is 2.81. The van der Waals surface area contributed by atoms with Gasteiger partial charge in [-0.05, 0) is 27.0 Å². The van der Waals surface area contributed by atoms with Gasteiger partial charge in [-0.1, -0.05) is 0 Å². The largest absolute Gasteiger partial charge is 0.477 e. The molecule has 0 saturated heterocycles. The molecule has 0 atom stereocenters. The summed E-state index contributed by atoms with van der Waals surface area (Å²) in [5.74, 6) is -1.14. The van der Waals surface area contributed by atoms with Gasteiger partial charge >= 0.3 is 5.97 Å². The predicted molar refractivity (Wildman–Crippen MR) is 75.5 cm³/mol. The van der Waals surface area contributed by atoms with Gasteiger partial charge in [-0.25, -0.2) is 13.2 Å². The second-order valence-corrected chi connectivity index (χ2v) is 6.84. The molecule has 1 aromatic heterocycles. The minimum absolute atomic E-state index is 0.00204. The number of nitrogens with zero attached hydrogens (tertiary/aromatic N) is 2. The summed E-state index contributed by atoms with van der Waals surface area (Å²) in [6.45, 7) is 4.43. The zero-order valence-corrected chi connectivity index (χ0v) is 12.9. The monoisotopic (exact) mass is 303 g/mol. The number of carboxylic acids is 1. The molecule has 0 spiro atoms. The highest BCUT2D eigenvalue weighted by molar-refractivity contribution is 7.89. The molecule has 0 amide bonds. The van der Waals surface area contributed by atoms with Crippen molar-refractivity contribution in [1.29, 1.82) is 0 Å². The van der Waals surface area contributed by atoms with Gasteiger partial charge in [0.05, 0.1) is 0 Å². The molecule has 8 heteroatoms. The summed E-state index contributed by atoms with van der Waals surface area (Å²) in [5.41, 5.74) is -0.0272. The number of rotatable bonds is 7. The number of carbonyl (C=O) groups is 1. The van der Waals surface area contributed by atoms with Gasteiger partial charge in [-0.15, -0.1) is 0 Å². The molecule has 1 rings (SSSR count). The maximum atomic E-state index is 12.3. The molecule has 0 aliphatic carbocycles. The summed E-state index contributed by atoms with van der Waals surface area (Å²) in [6.07, 6.45) is 1.37. The minimum Gasteiger partial charge on any atom is -0.477 e. The Morgan fingerprint density at radius 1 is 1.50 bits per heavy atom. The fourth-order valence-corrected chi connectivity index (χ4v) is 2.96. The van der Waals surface area contributed by atoms with E-state index in [4.69, 9.17) is 5.11 Å². The molecular formula is C12H21N3O4S. The topological polar surface area (TPSA) is 91.6 Å². The molecule has 114 valence electrons. The van der Waals surface area contributed by atoms with Gasteiger partial charge in [-0.3, -0.25) is 0 Å². The predicted octanol–water partition coefficient (Wildman–Crippen LogP) is 0.607. The van der Waals surface area contributed by atoms with E-state index in [1.807, 2.05) is 0 Å². The van der Waals surface area contributed by atoms with Crippen LogP contribution in [0.1, 0.15) is 30.4 Å². The summed E-state index contributed by atoms with van der Waals surface area (Å²) >= 11 is 0. The van der Waals surface area contributed by atoms with E-state index in [9.17, 15) is 13.2 Å². The lowest BCUT2D eigenvalue weighted by Crippen LogP contribution is -2.32. The van der Waals surface area contributed by atoms with Crippen molar-refractivity contribution in [2.75, 3.05) is 27.2 Å². The summed E-state index contributed by atoms with van der Waals surface area (Å²) in [7, 11) is -0.464. The number of aromatic nitrogens is 1. The van der Waals surface area contributed by atoms with Crippen LogP contribution in [0.4, 0.5) is 0 Å². The minimum atomic E-state index is -3.67. The molecule has 7 nitrogen and oxygen atoms in total. The van der Waals surface area contributed by atoms with Crippen molar-refractivity contribution in [2.45, 2.75) is 24.8 Å². The summed E-state index contributed by atoms with van der Waals surface area (Å²) < 4.78 is 27.3. The van der Waals surface area contributed by atoms with Crippen LogP contribution >= 0.6 is 0 Å². The first-order valence-electron chi connectivity index (χ1n) is 6.28. The van der Waals surface area contributed by atoms with Gasteiger partial charge in [0.15, 0.2) is 0 Å². The SMILES string of the molecule is CNCCN(C)S(=O)(=O)c1cc(C(=O)O)n(C(C)C)c1. The van der Waals surface area contributed by atoms with Crippen molar-refractivity contribution in [1.82, 2.24) is 14.2 Å². The molecule has 0 unspecified atom stereocenters. The van der Waals surface area contributed by atoms with Crippen LogP contribution in [-0.4, -0.2) is 55.6 Å². The van der Waals surface area contributed by atoms with Gasteiger partial charge in [-0.2, -0.15) is 4.31 Å². The Morgan fingerprint density at radius 3 is 2.50 bits per heavy atom. The molecule has 1 aromatic rings. The van der Waals surface area contributed by atoms with Crippen molar-refractivity contribution < 1.29 is 18.3 Å². The lowest BCUT2D eigenvalue weighted by Gasteiger charge is -2.15. The van der Waals surface area contributed by atoms with Gasteiger partial charge in [0.1, 0.15) is 10.6 Å². The smallest absolute Gasteiger partial charge is 0.352 e. The summed E-state index contributed by atoms with van der Waals surface area (Å²) in [4.78, 5) is 11.2. The second-order valence-electron chi connectivity index (χ2n) is 4.80. The van der Waals surface area contributed by atoms with Crippen molar-refractivity contribution >= 4 is 16.0 Å². The van der Waals surface area contributed by atoms with E-state index in [0.717, 1.165) is 0 Å². The van der Waals surface area contributed by atoms with Crippen LogP contribution in [0.2, 0.25) is 0 Å². The van der Waals surface area contributed by atoms with Gasteiger partial charge in [0.2, 0.25) is 10.0 Å². The maximum Gasteiger partial charge on any atom is 0.352 e.